The van der Waals surface area contributed by atoms with E-state index in [4.69, 9.17) is 9.47 Å². The van der Waals surface area contributed by atoms with Crippen molar-refractivity contribution in [2.24, 2.45) is 5.92 Å². The van der Waals surface area contributed by atoms with E-state index in [9.17, 15) is 14.7 Å². The number of aliphatic hydroxyl groups is 1. The summed E-state index contributed by atoms with van der Waals surface area (Å²) in [7, 11) is 4.25. The number of nitrogens with zero attached hydrogens (tertiary/aromatic N) is 2. The Morgan fingerprint density at radius 3 is 1.33 bits per heavy atom. The second kappa shape index (κ2) is 14.6. The molecule has 7 nitrogen and oxygen atoms in total. The third-order valence-electron chi connectivity index (χ3n) is 12.0. The summed E-state index contributed by atoms with van der Waals surface area (Å²) < 4.78 is 12.4. The molecule has 0 aromatic heterocycles. The van der Waals surface area contributed by atoms with Crippen molar-refractivity contribution in [1.29, 1.82) is 0 Å². The Labute approximate surface area is 299 Å². The third kappa shape index (κ3) is 10.3. The lowest BCUT2D eigenvalue weighted by Gasteiger charge is -2.53. The molecule has 280 valence electrons. The molecule has 0 spiro atoms. The SMILES string of the molecule is CN1C(C)(C)CC(OC(=O)C(CCCCC(O)c2cc(C(C)(C)C)cc(C(C)(C)C)c2)C(=O)OC2CC(C)(C)N(C)C(C)(C)C2)CC1(C)C. The maximum Gasteiger partial charge on any atom is 0.320 e. The van der Waals surface area contributed by atoms with Crippen molar-refractivity contribution in [1.82, 2.24) is 9.80 Å². The van der Waals surface area contributed by atoms with Crippen LogP contribution in [0, 0.1) is 5.92 Å². The summed E-state index contributed by atoms with van der Waals surface area (Å²) in [5.41, 5.74) is 2.65. The Morgan fingerprint density at radius 2 is 1.00 bits per heavy atom. The fourth-order valence-corrected chi connectivity index (χ4v) is 8.11. The van der Waals surface area contributed by atoms with Crippen LogP contribution < -0.4 is 0 Å². The first kappa shape index (κ1) is 41.5. The highest BCUT2D eigenvalue weighted by Crippen LogP contribution is 2.40. The van der Waals surface area contributed by atoms with E-state index < -0.39 is 24.0 Å². The zero-order valence-corrected chi connectivity index (χ0v) is 34.2. The van der Waals surface area contributed by atoms with Crippen molar-refractivity contribution in [3.05, 3.63) is 34.9 Å². The van der Waals surface area contributed by atoms with Gasteiger partial charge < -0.3 is 14.6 Å². The Bertz CT molecular complexity index is 1190. The van der Waals surface area contributed by atoms with Crippen LogP contribution in [0.4, 0.5) is 0 Å². The maximum atomic E-state index is 13.9. The molecule has 0 amide bonds. The summed E-state index contributed by atoms with van der Waals surface area (Å²) in [5.74, 6) is -1.96. The molecule has 0 bridgehead atoms. The van der Waals surface area contributed by atoms with Crippen LogP contribution >= 0.6 is 0 Å². The molecule has 2 heterocycles. The van der Waals surface area contributed by atoms with E-state index >= 15 is 0 Å². The molecule has 2 aliphatic rings. The van der Waals surface area contributed by atoms with Crippen LogP contribution in [-0.2, 0) is 29.9 Å². The average Bonchev–Trinajstić information content (AvgIpc) is 2.92. The van der Waals surface area contributed by atoms with Gasteiger partial charge in [-0.1, -0.05) is 72.6 Å². The number of unbranched alkanes of at least 4 members (excludes halogenated alkanes) is 1. The minimum Gasteiger partial charge on any atom is -0.462 e. The molecule has 49 heavy (non-hydrogen) atoms. The quantitative estimate of drug-likeness (QED) is 0.150. The predicted octanol–water partition coefficient (Wildman–Crippen LogP) is 8.88. The van der Waals surface area contributed by atoms with Crippen molar-refractivity contribution in [3.8, 4) is 0 Å². The Hall–Kier alpha value is -1.96. The van der Waals surface area contributed by atoms with E-state index in [1.807, 2.05) is 0 Å². The summed E-state index contributed by atoms with van der Waals surface area (Å²) in [6.07, 6.45) is 3.77. The smallest absolute Gasteiger partial charge is 0.320 e. The van der Waals surface area contributed by atoms with E-state index in [-0.39, 0.29) is 45.2 Å². The zero-order valence-electron chi connectivity index (χ0n) is 34.2. The molecule has 2 fully saturated rings. The number of likely N-dealkylation sites (tertiary alicyclic amines) is 2. The van der Waals surface area contributed by atoms with E-state index in [2.05, 4.69) is 139 Å². The van der Waals surface area contributed by atoms with E-state index in [1.54, 1.807) is 0 Å². The molecule has 1 unspecified atom stereocenters. The standard InChI is InChI=1S/C42H72N2O5/c1-37(2,3)29-21-28(22-30(23-29)38(4,5)6)34(45)20-18-17-19-33(35(46)48-31-24-39(7,8)43(15)40(9,10)25-31)36(47)49-32-26-41(11,12)44(16)42(13,14)27-32/h21-23,31-34,45H,17-20,24-27H2,1-16H3. The normalized spacial score (nSPS) is 22.6. The first-order chi connectivity index (χ1) is 22.1. The number of carbonyl (C=O) groups excluding carboxylic acids is 2. The molecular weight excluding hydrogens is 612 g/mol. The van der Waals surface area contributed by atoms with Gasteiger partial charge in [0.15, 0.2) is 5.92 Å². The topological polar surface area (TPSA) is 79.3 Å². The first-order valence-corrected chi connectivity index (χ1v) is 18.8. The summed E-state index contributed by atoms with van der Waals surface area (Å²) in [4.78, 5) is 32.6. The van der Waals surface area contributed by atoms with Crippen molar-refractivity contribution >= 4 is 11.9 Å². The van der Waals surface area contributed by atoms with Crippen LogP contribution in [0.2, 0.25) is 0 Å². The Kier molecular flexibility index (Phi) is 12.3. The summed E-state index contributed by atoms with van der Waals surface area (Å²) >= 11 is 0. The monoisotopic (exact) mass is 685 g/mol. The van der Waals surface area contributed by atoms with Crippen LogP contribution in [0.15, 0.2) is 18.2 Å². The van der Waals surface area contributed by atoms with Crippen LogP contribution in [0.3, 0.4) is 0 Å². The summed E-state index contributed by atoms with van der Waals surface area (Å²) in [5, 5.41) is 11.4. The van der Waals surface area contributed by atoms with Gasteiger partial charge in [0.1, 0.15) is 12.2 Å². The predicted molar refractivity (Wildman–Crippen MR) is 201 cm³/mol. The Balaban J connectivity index is 1.77. The highest BCUT2D eigenvalue weighted by Gasteiger charge is 2.47. The molecule has 7 heteroatoms. The van der Waals surface area contributed by atoms with Gasteiger partial charge >= 0.3 is 11.9 Å². The molecule has 1 aromatic carbocycles. The largest absolute Gasteiger partial charge is 0.462 e. The highest BCUT2D eigenvalue weighted by atomic mass is 16.6. The molecule has 2 saturated heterocycles. The first-order valence-electron chi connectivity index (χ1n) is 18.8. The summed E-state index contributed by atoms with van der Waals surface area (Å²) in [6, 6.07) is 6.52. The number of esters is 2. The fourth-order valence-electron chi connectivity index (χ4n) is 8.11. The van der Waals surface area contributed by atoms with Gasteiger partial charge in [0, 0.05) is 47.8 Å². The van der Waals surface area contributed by atoms with Gasteiger partial charge in [0.25, 0.3) is 0 Å². The minimum atomic E-state index is -0.995. The van der Waals surface area contributed by atoms with Gasteiger partial charge in [0.05, 0.1) is 6.10 Å². The van der Waals surface area contributed by atoms with E-state index in [0.717, 1.165) is 5.56 Å². The number of piperidine rings is 2. The molecule has 3 rings (SSSR count). The van der Waals surface area contributed by atoms with Gasteiger partial charge in [-0.2, -0.15) is 0 Å². The minimum absolute atomic E-state index is 0.0416. The average molecular weight is 685 g/mol. The lowest BCUT2D eigenvalue weighted by atomic mass is 9.78. The van der Waals surface area contributed by atoms with Gasteiger partial charge in [-0.05, 0) is 110 Å². The van der Waals surface area contributed by atoms with Gasteiger partial charge in [-0.3, -0.25) is 19.4 Å². The van der Waals surface area contributed by atoms with Crippen LogP contribution in [0.25, 0.3) is 0 Å². The highest BCUT2D eigenvalue weighted by molar-refractivity contribution is 5.95. The molecule has 0 saturated carbocycles. The van der Waals surface area contributed by atoms with E-state index in [0.29, 0.717) is 51.4 Å². The lowest BCUT2D eigenvalue weighted by Crippen LogP contribution is -2.60. The van der Waals surface area contributed by atoms with Crippen molar-refractivity contribution in [2.75, 3.05) is 14.1 Å². The van der Waals surface area contributed by atoms with Crippen molar-refractivity contribution in [2.45, 2.75) is 200 Å². The second-order valence-corrected chi connectivity index (χ2v) is 20.0. The third-order valence-corrected chi connectivity index (χ3v) is 12.0. The second-order valence-electron chi connectivity index (χ2n) is 20.0. The number of benzene rings is 1. The maximum absolute atomic E-state index is 13.9. The van der Waals surface area contributed by atoms with Gasteiger partial charge in [0.2, 0.25) is 0 Å². The number of hydrogen-bond acceptors (Lipinski definition) is 7. The molecule has 0 aliphatic carbocycles. The number of aliphatic hydroxyl groups excluding tert-OH is 1. The molecule has 1 aromatic rings. The van der Waals surface area contributed by atoms with Crippen LogP contribution in [-0.4, -0.2) is 75.3 Å². The van der Waals surface area contributed by atoms with Gasteiger partial charge in [-0.15, -0.1) is 0 Å². The van der Waals surface area contributed by atoms with Crippen molar-refractivity contribution < 1.29 is 24.2 Å². The number of hydrogen-bond donors (Lipinski definition) is 1. The van der Waals surface area contributed by atoms with Crippen molar-refractivity contribution in [3.63, 3.8) is 0 Å². The van der Waals surface area contributed by atoms with Gasteiger partial charge in [-0.25, -0.2) is 0 Å². The lowest BCUT2D eigenvalue weighted by molar-refractivity contribution is -0.177. The zero-order chi connectivity index (χ0) is 37.5. The fraction of sp³-hybridized carbons (Fsp3) is 0.810. The molecule has 1 N–H and O–H groups in total. The van der Waals surface area contributed by atoms with Crippen LogP contribution in [0.1, 0.15) is 171 Å². The molecular formula is C42H72N2O5. The molecule has 2 aliphatic heterocycles. The summed E-state index contributed by atoms with van der Waals surface area (Å²) in [6.45, 7) is 30.6. The van der Waals surface area contributed by atoms with Crippen LogP contribution in [0.5, 0.6) is 0 Å². The number of rotatable bonds is 10. The molecule has 1 atom stereocenters. The molecule has 0 radical (unpaired) electrons. The van der Waals surface area contributed by atoms with E-state index in [1.165, 1.54) is 11.1 Å². The number of ether oxygens (including phenoxy) is 2. The Morgan fingerprint density at radius 1 is 0.673 bits per heavy atom. The number of carbonyl (C=O) groups is 2.